The number of ether oxygens (including phenoxy) is 2. The van der Waals surface area contributed by atoms with E-state index in [0.717, 1.165) is 18.4 Å². The van der Waals surface area contributed by atoms with E-state index >= 15 is 0 Å². The third-order valence-corrected chi connectivity index (χ3v) is 6.05. The number of rotatable bonds is 6. The highest BCUT2D eigenvalue weighted by molar-refractivity contribution is 5.89. The largest absolute Gasteiger partial charge is 0.465 e. The first-order valence-corrected chi connectivity index (χ1v) is 11.1. The van der Waals surface area contributed by atoms with Crippen molar-refractivity contribution in [2.24, 2.45) is 0 Å². The van der Waals surface area contributed by atoms with Crippen LogP contribution in [0.25, 0.3) is 16.9 Å². The Hall–Kier alpha value is -3.98. The molecular weight excluding hydrogens is 436 g/mol. The number of esters is 1. The van der Waals surface area contributed by atoms with Gasteiger partial charge in [0.2, 0.25) is 0 Å². The molecule has 9 nitrogen and oxygen atoms in total. The molecule has 0 spiro atoms. The second-order valence-corrected chi connectivity index (χ2v) is 8.24. The molecule has 1 atom stereocenters. The Morgan fingerprint density at radius 3 is 2.56 bits per heavy atom. The van der Waals surface area contributed by atoms with Crippen molar-refractivity contribution < 1.29 is 14.3 Å². The summed E-state index contributed by atoms with van der Waals surface area (Å²) in [5.74, 6) is -0.413. The van der Waals surface area contributed by atoms with Gasteiger partial charge < -0.3 is 14.0 Å². The van der Waals surface area contributed by atoms with Crippen LogP contribution in [0.15, 0.2) is 70.5 Å². The maximum absolute atomic E-state index is 13.5. The predicted octanol–water partition coefficient (Wildman–Crippen LogP) is 2.36. The minimum absolute atomic E-state index is 0.172. The summed E-state index contributed by atoms with van der Waals surface area (Å²) in [7, 11) is 1.34. The molecule has 5 rings (SSSR count). The van der Waals surface area contributed by atoms with Crippen LogP contribution >= 0.6 is 0 Å². The molecule has 174 valence electrons. The van der Waals surface area contributed by atoms with Crippen LogP contribution in [0, 0.1) is 0 Å². The van der Waals surface area contributed by atoms with Crippen molar-refractivity contribution in [3.63, 3.8) is 0 Å². The molecule has 0 saturated carbocycles. The summed E-state index contributed by atoms with van der Waals surface area (Å²) in [6, 6.07) is 16.1. The monoisotopic (exact) mass is 460 g/mol. The first-order chi connectivity index (χ1) is 16.6. The van der Waals surface area contributed by atoms with E-state index in [1.165, 1.54) is 16.2 Å². The molecule has 0 bridgehead atoms. The molecule has 0 aliphatic carbocycles. The zero-order chi connectivity index (χ0) is 23.7. The van der Waals surface area contributed by atoms with Crippen LogP contribution in [-0.2, 0) is 22.6 Å². The van der Waals surface area contributed by atoms with Gasteiger partial charge in [-0.25, -0.2) is 19.1 Å². The third kappa shape index (κ3) is 3.94. The minimum Gasteiger partial charge on any atom is -0.465 e. The van der Waals surface area contributed by atoms with E-state index < -0.39 is 17.2 Å². The molecule has 0 amide bonds. The van der Waals surface area contributed by atoms with Gasteiger partial charge in [-0.2, -0.15) is 0 Å². The number of imidazole rings is 1. The van der Waals surface area contributed by atoms with E-state index in [9.17, 15) is 14.4 Å². The lowest BCUT2D eigenvalue weighted by Crippen LogP contribution is -2.42. The van der Waals surface area contributed by atoms with E-state index in [1.54, 1.807) is 35.2 Å². The van der Waals surface area contributed by atoms with E-state index in [-0.39, 0.29) is 12.6 Å². The van der Waals surface area contributed by atoms with Gasteiger partial charge in [0, 0.05) is 13.2 Å². The Kier molecular flexibility index (Phi) is 5.85. The molecule has 2 aromatic carbocycles. The van der Waals surface area contributed by atoms with Crippen molar-refractivity contribution in [1.29, 1.82) is 0 Å². The van der Waals surface area contributed by atoms with Gasteiger partial charge in [-0.05, 0) is 42.7 Å². The molecule has 1 fully saturated rings. The highest BCUT2D eigenvalue weighted by atomic mass is 16.5. The number of para-hydroxylation sites is 1. The van der Waals surface area contributed by atoms with Gasteiger partial charge in [-0.1, -0.05) is 30.3 Å². The van der Waals surface area contributed by atoms with Crippen molar-refractivity contribution in [3.05, 3.63) is 92.9 Å². The Labute approximate surface area is 194 Å². The number of methoxy groups -OCH3 is 1. The van der Waals surface area contributed by atoms with Gasteiger partial charge in [0.25, 0.3) is 5.56 Å². The van der Waals surface area contributed by atoms with E-state index in [4.69, 9.17) is 9.47 Å². The Morgan fingerprint density at radius 2 is 1.88 bits per heavy atom. The maximum atomic E-state index is 13.5. The number of hydrogen-bond donors (Lipinski definition) is 0. The molecule has 0 N–H and O–H groups in total. The number of hydrogen-bond acceptors (Lipinski definition) is 6. The molecule has 1 unspecified atom stereocenters. The number of carbonyl (C=O) groups is 1. The molecule has 3 heterocycles. The molecule has 9 heteroatoms. The molecule has 4 aromatic rings. The smallest absolute Gasteiger partial charge is 0.337 e. The fourth-order valence-electron chi connectivity index (χ4n) is 4.32. The fourth-order valence-corrected chi connectivity index (χ4v) is 4.32. The highest BCUT2D eigenvalue weighted by Gasteiger charge is 2.23. The SMILES string of the molecule is COC(=O)c1ccc(Cn2cnc3c2c(=O)n(CC2CCCO2)c(=O)n3-c2ccccc2)cc1. The van der Waals surface area contributed by atoms with E-state index in [0.29, 0.717) is 35.6 Å². The number of fused-ring (bicyclic) bond motifs is 1. The van der Waals surface area contributed by atoms with Crippen molar-refractivity contribution in [3.8, 4) is 5.69 Å². The van der Waals surface area contributed by atoms with Crippen LogP contribution in [-0.4, -0.2) is 44.5 Å². The third-order valence-electron chi connectivity index (χ3n) is 6.05. The average molecular weight is 460 g/mol. The highest BCUT2D eigenvalue weighted by Crippen LogP contribution is 2.17. The topological polar surface area (TPSA) is 97.4 Å². The van der Waals surface area contributed by atoms with Gasteiger partial charge >= 0.3 is 11.7 Å². The van der Waals surface area contributed by atoms with Crippen LogP contribution in [0.2, 0.25) is 0 Å². The van der Waals surface area contributed by atoms with Crippen LogP contribution in [0.1, 0.15) is 28.8 Å². The van der Waals surface area contributed by atoms with Crippen molar-refractivity contribution >= 4 is 17.1 Å². The Balaban J connectivity index is 1.63. The maximum Gasteiger partial charge on any atom is 0.337 e. The molecular formula is C25H24N4O5. The van der Waals surface area contributed by atoms with Crippen LogP contribution in [0.5, 0.6) is 0 Å². The summed E-state index contributed by atoms with van der Waals surface area (Å²) in [5.41, 5.74) is 1.74. The average Bonchev–Trinajstić information content (AvgIpc) is 3.53. The summed E-state index contributed by atoms with van der Waals surface area (Å²) in [6.07, 6.45) is 3.11. The van der Waals surface area contributed by atoms with Gasteiger partial charge in [0.15, 0.2) is 11.2 Å². The van der Waals surface area contributed by atoms with Crippen molar-refractivity contribution in [2.45, 2.75) is 32.0 Å². The molecule has 2 aromatic heterocycles. The second-order valence-electron chi connectivity index (χ2n) is 8.24. The van der Waals surface area contributed by atoms with Crippen LogP contribution < -0.4 is 11.2 Å². The van der Waals surface area contributed by atoms with E-state index in [2.05, 4.69) is 4.98 Å². The Morgan fingerprint density at radius 1 is 1.12 bits per heavy atom. The van der Waals surface area contributed by atoms with Crippen molar-refractivity contribution in [1.82, 2.24) is 18.7 Å². The summed E-state index contributed by atoms with van der Waals surface area (Å²) in [4.78, 5) is 43.2. The predicted molar refractivity (Wildman–Crippen MR) is 125 cm³/mol. The quantitative estimate of drug-likeness (QED) is 0.410. The molecule has 1 aliphatic heterocycles. The molecule has 0 radical (unpaired) electrons. The summed E-state index contributed by atoms with van der Waals surface area (Å²) in [5, 5.41) is 0. The lowest BCUT2D eigenvalue weighted by molar-refractivity contribution is 0.0600. The normalized spacial score (nSPS) is 15.6. The van der Waals surface area contributed by atoms with Crippen LogP contribution in [0.4, 0.5) is 0 Å². The number of carbonyl (C=O) groups excluding carboxylic acids is 1. The lowest BCUT2D eigenvalue weighted by atomic mass is 10.1. The number of benzene rings is 2. The van der Waals surface area contributed by atoms with Crippen molar-refractivity contribution in [2.75, 3.05) is 13.7 Å². The van der Waals surface area contributed by atoms with E-state index in [1.807, 2.05) is 30.3 Å². The van der Waals surface area contributed by atoms with Crippen LogP contribution in [0.3, 0.4) is 0 Å². The number of aromatic nitrogens is 4. The van der Waals surface area contributed by atoms with Gasteiger partial charge in [0.1, 0.15) is 0 Å². The molecule has 1 saturated heterocycles. The second kappa shape index (κ2) is 9.11. The standard InChI is InChI=1S/C25H24N4O5/c1-33-24(31)18-11-9-17(10-12-18)14-27-16-26-22-21(27)23(30)28(15-20-8-5-13-34-20)25(32)29(22)19-6-3-2-4-7-19/h2-4,6-7,9-12,16,20H,5,8,13-15H2,1H3. The fraction of sp³-hybridized carbons (Fsp3) is 0.280. The van der Waals surface area contributed by atoms with Gasteiger partial charge in [-0.3, -0.25) is 9.36 Å². The molecule has 34 heavy (non-hydrogen) atoms. The first-order valence-electron chi connectivity index (χ1n) is 11.1. The lowest BCUT2D eigenvalue weighted by Gasteiger charge is -2.15. The summed E-state index contributed by atoms with van der Waals surface area (Å²) < 4.78 is 14.9. The van der Waals surface area contributed by atoms with Gasteiger partial charge in [-0.15, -0.1) is 0 Å². The number of nitrogens with zero attached hydrogens (tertiary/aromatic N) is 4. The Bertz CT molecular complexity index is 1450. The van der Waals surface area contributed by atoms with Gasteiger partial charge in [0.05, 0.1) is 37.3 Å². The summed E-state index contributed by atoms with van der Waals surface area (Å²) >= 11 is 0. The zero-order valence-corrected chi connectivity index (χ0v) is 18.7. The first kappa shape index (κ1) is 21.8. The molecule has 1 aliphatic rings. The summed E-state index contributed by atoms with van der Waals surface area (Å²) in [6.45, 7) is 1.17. The minimum atomic E-state index is -0.438. The zero-order valence-electron chi connectivity index (χ0n) is 18.7.